The van der Waals surface area contributed by atoms with Crippen molar-refractivity contribution in [3.63, 3.8) is 0 Å². The van der Waals surface area contributed by atoms with Crippen molar-refractivity contribution in [2.75, 3.05) is 0 Å². The van der Waals surface area contributed by atoms with Crippen LogP contribution in [0.2, 0.25) is 0 Å². The third-order valence-electron chi connectivity index (χ3n) is 24.8. The van der Waals surface area contributed by atoms with E-state index in [0.717, 1.165) is 116 Å². The van der Waals surface area contributed by atoms with Gasteiger partial charge >= 0.3 is 0 Å². The van der Waals surface area contributed by atoms with Crippen LogP contribution in [-0.4, -0.2) is 66.0 Å². The van der Waals surface area contributed by atoms with Crippen LogP contribution in [0.3, 0.4) is 0 Å². The zero-order valence-electron chi connectivity index (χ0n) is 78.5. The molecule has 0 saturated heterocycles. The molecule has 0 spiro atoms. The standard InChI is InChI=1S/C34H28O3.C32H24O5.C32H24O3.C28H32O3/c35-23-26-11-15-29(16-12-26)34(30-21-27(13-17-32(30)36)19-24-7-3-1-4-8-24)31-22-28(14-18-33(31)37)20-25-9-5-2-6-10-25;33-21-22-11-13-23(14-12-22)32(28-19-26(15-17-30(28)34)36-24-7-3-1-4-8-24)29-20-27(16-18-31(29)35)37-25-9-5-2-6-10-25;33-21-22-11-13-25(14-12-22)32(28-19-26(15-17-30(28)34)23-7-3-1-4-8-23)29-20-27(16-18-31(29)35)24-9-5-2-6-10-24;1-27(2,3)20-11-13-24(30)22(15-20)26(19-9-7-18(17-29)8-10-19)23-16-21(28(4,5)6)12-14-25(23)31/h1-18,21-23,34,36-37H,19-20H2;1-21,32,34-35H;1-21,32,34-35H;7-17,26,30-31H,1-6H3. The highest BCUT2D eigenvalue weighted by atomic mass is 16.5. The number of carbonyl (C=O) groups is 4. The molecule has 0 bridgehead atoms. The zero-order chi connectivity index (χ0) is 98.4. The molecule has 0 aliphatic carbocycles. The number of carbonyl (C=O) groups excluding carboxylic acids is 4. The molecule has 696 valence electrons. The van der Waals surface area contributed by atoms with Gasteiger partial charge in [0.1, 0.15) is 94.1 Å². The van der Waals surface area contributed by atoms with Crippen LogP contribution in [-0.2, 0) is 23.7 Å². The molecule has 18 aromatic carbocycles. The molecular weight excluding hydrogens is 1740 g/mol. The topological polar surface area (TPSA) is 249 Å². The molecule has 0 saturated carbocycles. The first kappa shape index (κ1) is 97.2. The van der Waals surface area contributed by atoms with Crippen molar-refractivity contribution >= 4 is 25.1 Å². The molecule has 0 fully saturated rings. The largest absolute Gasteiger partial charge is 0.508 e. The second kappa shape index (κ2) is 44.9. The molecule has 18 rings (SSSR count). The van der Waals surface area contributed by atoms with Crippen molar-refractivity contribution in [1.82, 2.24) is 0 Å². The molecule has 8 N–H and O–H groups in total. The van der Waals surface area contributed by atoms with E-state index < -0.39 is 17.8 Å². The van der Waals surface area contributed by atoms with Crippen LogP contribution in [0.5, 0.6) is 69.0 Å². The highest BCUT2D eigenvalue weighted by Gasteiger charge is 2.32. The Hall–Kier alpha value is -17.4. The molecule has 14 nitrogen and oxygen atoms in total. The third-order valence-corrected chi connectivity index (χ3v) is 24.8. The third kappa shape index (κ3) is 24.3. The molecule has 0 heterocycles. The molecule has 0 amide bonds. The number of hydrogen-bond donors (Lipinski definition) is 8. The minimum Gasteiger partial charge on any atom is -0.508 e. The highest BCUT2D eigenvalue weighted by molar-refractivity contribution is 5.78. The van der Waals surface area contributed by atoms with Gasteiger partial charge in [-0.25, -0.2) is 0 Å². The second-order valence-electron chi connectivity index (χ2n) is 36.6. The summed E-state index contributed by atoms with van der Waals surface area (Å²) < 4.78 is 12.0. The minimum atomic E-state index is -0.584. The number of hydrogen-bond acceptors (Lipinski definition) is 14. The van der Waals surface area contributed by atoms with Gasteiger partial charge in [-0.2, -0.15) is 0 Å². The molecule has 18 aromatic rings. The average Bonchev–Trinajstić information content (AvgIpc) is 0.780. The summed E-state index contributed by atoms with van der Waals surface area (Å²) >= 11 is 0. The summed E-state index contributed by atoms with van der Waals surface area (Å²) in [5, 5.41) is 87.8. The summed E-state index contributed by atoms with van der Waals surface area (Å²) in [5.41, 5.74) is 21.4. The first-order chi connectivity index (χ1) is 67.8. The monoisotopic (exact) mass is 1840 g/mol. The second-order valence-corrected chi connectivity index (χ2v) is 36.6. The smallest absolute Gasteiger partial charge is 0.150 e. The number of rotatable bonds is 26. The first-order valence-corrected chi connectivity index (χ1v) is 46.2. The van der Waals surface area contributed by atoms with Crippen LogP contribution in [0.25, 0.3) is 22.3 Å². The van der Waals surface area contributed by atoms with Crippen LogP contribution in [0.15, 0.2) is 425 Å². The average molecular weight is 1850 g/mol. The predicted octanol–water partition coefficient (Wildman–Crippen LogP) is 29.1. The van der Waals surface area contributed by atoms with Crippen LogP contribution in [0.1, 0.15) is 207 Å². The van der Waals surface area contributed by atoms with Gasteiger partial charge in [0.15, 0.2) is 0 Å². The van der Waals surface area contributed by atoms with E-state index >= 15 is 0 Å². The van der Waals surface area contributed by atoms with E-state index in [1.807, 2.05) is 279 Å². The van der Waals surface area contributed by atoms with Crippen LogP contribution < -0.4 is 9.47 Å². The summed E-state index contributed by atoms with van der Waals surface area (Å²) in [5.74, 6) is 1.57. The molecule has 0 aromatic heterocycles. The summed E-state index contributed by atoms with van der Waals surface area (Å²) in [7, 11) is 0. The molecule has 0 atom stereocenters. The number of phenolic OH excluding ortho intramolecular Hbond substituents is 8. The van der Waals surface area contributed by atoms with E-state index in [9.17, 15) is 60.0 Å². The van der Waals surface area contributed by atoms with Crippen LogP contribution >= 0.6 is 0 Å². The fourth-order valence-corrected chi connectivity index (χ4v) is 17.3. The van der Waals surface area contributed by atoms with Crippen LogP contribution in [0, 0.1) is 0 Å². The van der Waals surface area contributed by atoms with Crippen molar-refractivity contribution in [3.8, 4) is 91.2 Å². The lowest BCUT2D eigenvalue weighted by Gasteiger charge is -2.27. The number of ether oxygens (including phenoxy) is 2. The van der Waals surface area contributed by atoms with Gasteiger partial charge < -0.3 is 50.3 Å². The Labute approximate surface area is 816 Å². The zero-order valence-corrected chi connectivity index (χ0v) is 78.5. The number of aldehydes is 4. The van der Waals surface area contributed by atoms with Crippen molar-refractivity contribution < 1.29 is 69.5 Å². The van der Waals surface area contributed by atoms with E-state index in [0.29, 0.717) is 78.6 Å². The first-order valence-electron chi connectivity index (χ1n) is 46.2. The number of para-hydroxylation sites is 2. The van der Waals surface area contributed by atoms with Crippen molar-refractivity contribution in [2.45, 2.75) is 88.9 Å². The number of benzene rings is 18. The Morgan fingerprint density at radius 3 is 0.707 bits per heavy atom. The number of aromatic hydroxyl groups is 8. The molecule has 14 heteroatoms. The Kier molecular flexibility index (Phi) is 31.1. The van der Waals surface area contributed by atoms with E-state index in [2.05, 4.69) is 65.8 Å². The lowest BCUT2D eigenvalue weighted by Crippen LogP contribution is -2.14. The van der Waals surface area contributed by atoms with Crippen LogP contribution in [0.4, 0.5) is 0 Å². The number of phenols is 8. The molecule has 0 aliphatic rings. The summed E-state index contributed by atoms with van der Waals surface area (Å²) in [6, 6.07) is 132. The Bertz CT molecular complexity index is 6700. The van der Waals surface area contributed by atoms with Gasteiger partial charge in [0, 0.05) is 90.4 Å². The van der Waals surface area contributed by atoms with Crippen molar-refractivity contribution in [2.24, 2.45) is 0 Å². The fraction of sp³-hybridized carbons (Fsp3) is 0.111. The van der Waals surface area contributed by atoms with Crippen molar-refractivity contribution in [3.05, 3.63) is 547 Å². The predicted molar refractivity (Wildman–Crippen MR) is 556 cm³/mol. The Morgan fingerprint density at radius 1 is 0.207 bits per heavy atom. The lowest BCUT2D eigenvalue weighted by atomic mass is 9.78. The van der Waals surface area contributed by atoms with E-state index in [1.54, 1.807) is 121 Å². The van der Waals surface area contributed by atoms with Gasteiger partial charge in [0.25, 0.3) is 0 Å². The van der Waals surface area contributed by atoms with Gasteiger partial charge in [0.05, 0.1) is 0 Å². The molecule has 140 heavy (non-hydrogen) atoms. The normalized spacial score (nSPS) is 11.2. The maximum absolute atomic E-state index is 11.3. The lowest BCUT2D eigenvalue weighted by molar-refractivity contribution is 0.111. The quantitative estimate of drug-likeness (QED) is 0.0186. The van der Waals surface area contributed by atoms with Gasteiger partial charge in [-0.3, -0.25) is 19.2 Å². The highest BCUT2D eigenvalue weighted by Crippen LogP contribution is 2.50. The summed E-state index contributed by atoms with van der Waals surface area (Å²) in [6.45, 7) is 12.8. The fourth-order valence-electron chi connectivity index (χ4n) is 17.3. The van der Waals surface area contributed by atoms with Gasteiger partial charge in [-0.1, -0.05) is 357 Å². The Balaban J connectivity index is 0.000000142. The van der Waals surface area contributed by atoms with E-state index in [1.165, 1.54) is 11.1 Å². The van der Waals surface area contributed by atoms with Crippen molar-refractivity contribution in [1.29, 1.82) is 0 Å². The maximum atomic E-state index is 11.3. The van der Waals surface area contributed by atoms with E-state index in [4.69, 9.17) is 9.47 Å². The van der Waals surface area contributed by atoms with Gasteiger partial charge in [0.2, 0.25) is 0 Å². The molecule has 0 radical (unpaired) electrons. The summed E-state index contributed by atoms with van der Waals surface area (Å²) in [6.07, 6.45) is 4.66. The molecule has 0 unspecified atom stereocenters. The van der Waals surface area contributed by atoms with Gasteiger partial charge in [-0.05, 0) is 211 Å². The minimum absolute atomic E-state index is 0.0404. The van der Waals surface area contributed by atoms with E-state index in [-0.39, 0.29) is 62.7 Å². The summed E-state index contributed by atoms with van der Waals surface area (Å²) in [4.78, 5) is 45.0. The maximum Gasteiger partial charge on any atom is 0.150 e. The SMILES string of the molecule is CC(C)(C)c1ccc(O)c(C(c2ccc(C=O)cc2)c2cc(C(C)(C)C)ccc2O)c1.O=Cc1ccc(C(c2cc(-c3ccccc3)ccc2O)c2cc(-c3ccccc3)ccc2O)cc1.O=Cc1ccc(C(c2cc(Cc3ccccc3)ccc2O)c2cc(Cc3ccccc3)ccc2O)cc1.O=Cc1ccc(C(c2cc(Oc3ccccc3)ccc2O)c2cc(Oc3ccccc3)ccc2O)cc1. The van der Waals surface area contributed by atoms with Gasteiger partial charge in [-0.15, -0.1) is 0 Å². The molecule has 0 aliphatic heterocycles. The molecular formula is C126H108O14. The Morgan fingerprint density at radius 2 is 0.436 bits per heavy atom.